The average Bonchev–Trinajstić information content (AvgIpc) is 2.23. The number of hydrogen-bond acceptors (Lipinski definition) is 3. The molecule has 14 heavy (non-hydrogen) atoms. The van der Waals surface area contributed by atoms with Crippen LogP contribution in [0.3, 0.4) is 0 Å². The number of rotatable bonds is 1. The first-order valence-corrected chi connectivity index (χ1v) is 5.38. The van der Waals surface area contributed by atoms with E-state index in [0.717, 1.165) is 36.5 Å². The molecule has 1 aliphatic rings. The highest BCUT2D eigenvalue weighted by Crippen LogP contribution is 2.30. The molecule has 1 aliphatic heterocycles. The van der Waals surface area contributed by atoms with Gasteiger partial charge < -0.3 is 14.7 Å². The van der Waals surface area contributed by atoms with Crippen LogP contribution in [0.5, 0.6) is 5.75 Å². The molecule has 76 valence electrons. The van der Waals surface area contributed by atoms with Crippen LogP contribution in [0.25, 0.3) is 0 Å². The summed E-state index contributed by atoms with van der Waals surface area (Å²) in [5.41, 5.74) is 1.04. The van der Waals surface area contributed by atoms with Crippen LogP contribution < -0.4 is 4.90 Å². The summed E-state index contributed by atoms with van der Waals surface area (Å²) in [6.07, 6.45) is 0. The Morgan fingerprint density at radius 2 is 2.00 bits per heavy atom. The number of morpholine rings is 1. The molecule has 1 aromatic rings. The Bertz CT molecular complexity index is 324. The Balaban J connectivity index is 2.24. The first-order valence-electron chi connectivity index (χ1n) is 4.58. The van der Waals surface area contributed by atoms with Gasteiger partial charge in [-0.2, -0.15) is 0 Å². The number of halogens is 1. The minimum atomic E-state index is 0.301. The fraction of sp³-hybridized carbons (Fsp3) is 0.400. The van der Waals surface area contributed by atoms with E-state index < -0.39 is 0 Å². The standard InChI is InChI=1S/C10H12BrNO2/c11-9-2-1-8(13)7-10(9)12-3-5-14-6-4-12/h1-2,7,13H,3-6H2. The Hall–Kier alpha value is -0.740. The quantitative estimate of drug-likeness (QED) is 0.836. The molecule has 1 fully saturated rings. The van der Waals surface area contributed by atoms with Gasteiger partial charge in [0.1, 0.15) is 5.75 Å². The van der Waals surface area contributed by atoms with Crippen molar-refractivity contribution in [3.05, 3.63) is 22.7 Å². The lowest BCUT2D eigenvalue weighted by atomic mass is 10.2. The summed E-state index contributed by atoms with van der Waals surface area (Å²) in [6, 6.07) is 5.31. The second-order valence-electron chi connectivity index (χ2n) is 3.24. The molecule has 0 aliphatic carbocycles. The summed E-state index contributed by atoms with van der Waals surface area (Å²) in [4.78, 5) is 2.20. The molecule has 1 N–H and O–H groups in total. The third-order valence-electron chi connectivity index (χ3n) is 2.28. The first kappa shape index (κ1) is 9.80. The highest BCUT2D eigenvalue weighted by atomic mass is 79.9. The lowest BCUT2D eigenvalue weighted by Gasteiger charge is -2.29. The van der Waals surface area contributed by atoms with Crippen molar-refractivity contribution in [1.29, 1.82) is 0 Å². The zero-order valence-corrected chi connectivity index (χ0v) is 9.33. The molecule has 0 atom stereocenters. The maximum absolute atomic E-state index is 9.39. The number of ether oxygens (including phenoxy) is 1. The second kappa shape index (κ2) is 4.19. The van der Waals surface area contributed by atoms with Crippen LogP contribution >= 0.6 is 15.9 Å². The molecule has 3 nitrogen and oxygen atoms in total. The molecule has 0 bridgehead atoms. The summed E-state index contributed by atoms with van der Waals surface area (Å²) in [5, 5.41) is 9.39. The molecule has 0 amide bonds. The van der Waals surface area contributed by atoms with E-state index in [0.29, 0.717) is 5.75 Å². The van der Waals surface area contributed by atoms with Gasteiger partial charge in [-0.15, -0.1) is 0 Å². The van der Waals surface area contributed by atoms with E-state index >= 15 is 0 Å². The number of aromatic hydroxyl groups is 1. The summed E-state index contributed by atoms with van der Waals surface area (Å²) >= 11 is 3.47. The van der Waals surface area contributed by atoms with Crippen LogP contribution in [0.15, 0.2) is 22.7 Å². The van der Waals surface area contributed by atoms with E-state index in [2.05, 4.69) is 20.8 Å². The van der Waals surface area contributed by atoms with Crippen molar-refractivity contribution in [2.75, 3.05) is 31.2 Å². The highest BCUT2D eigenvalue weighted by molar-refractivity contribution is 9.10. The van der Waals surface area contributed by atoms with Gasteiger partial charge in [0, 0.05) is 23.6 Å². The maximum Gasteiger partial charge on any atom is 0.117 e. The van der Waals surface area contributed by atoms with Gasteiger partial charge >= 0.3 is 0 Å². The summed E-state index contributed by atoms with van der Waals surface area (Å²) in [7, 11) is 0. The number of phenols is 1. The fourth-order valence-corrected chi connectivity index (χ4v) is 2.05. The third-order valence-corrected chi connectivity index (χ3v) is 2.95. The fourth-order valence-electron chi connectivity index (χ4n) is 1.55. The summed E-state index contributed by atoms with van der Waals surface area (Å²) in [5.74, 6) is 0.301. The zero-order chi connectivity index (χ0) is 9.97. The Labute approximate surface area is 91.4 Å². The van der Waals surface area contributed by atoms with Gasteiger partial charge in [0.2, 0.25) is 0 Å². The van der Waals surface area contributed by atoms with E-state index in [1.807, 2.05) is 6.07 Å². The second-order valence-corrected chi connectivity index (χ2v) is 4.09. The molecule has 0 unspecified atom stereocenters. The Kier molecular flexibility index (Phi) is 2.93. The number of anilines is 1. The molecule has 1 heterocycles. The summed E-state index contributed by atoms with van der Waals surface area (Å²) < 4.78 is 6.28. The number of phenolic OH excluding ortho intramolecular Hbond substituents is 1. The predicted molar refractivity (Wildman–Crippen MR) is 58.8 cm³/mol. The van der Waals surface area contributed by atoms with Crippen LogP contribution in [0.4, 0.5) is 5.69 Å². The van der Waals surface area contributed by atoms with Crippen LogP contribution in [0.2, 0.25) is 0 Å². The molecule has 0 spiro atoms. The molecule has 1 aromatic carbocycles. The normalized spacial score (nSPS) is 17.1. The number of benzene rings is 1. The van der Waals surface area contributed by atoms with Gasteiger partial charge in [0.05, 0.1) is 18.9 Å². The monoisotopic (exact) mass is 257 g/mol. The minimum Gasteiger partial charge on any atom is -0.508 e. The highest BCUT2D eigenvalue weighted by Gasteiger charge is 2.13. The van der Waals surface area contributed by atoms with Crippen LogP contribution in [-0.2, 0) is 4.74 Å². The third kappa shape index (κ3) is 2.01. The molecular weight excluding hydrogens is 246 g/mol. The molecule has 1 saturated heterocycles. The summed E-state index contributed by atoms with van der Waals surface area (Å²) in [6.45, 7) is 3.26. The van der Waals surface area contributed by atoms with Crippen molar-refractivity contribution in [2.24, 2.45) is 0 Å². The lowest BCUT2D eigenvalue weighted by molar-refractivity contribution is 0.122. The van der Waals surface area contributed by atoms with Crippen molar-refractivity contribution < 1.29 is 9.84 Å². The predicted octanol–water partition coefficient (Wildman–Crippen LogP) is 1.99. The van der Waals surface area contributed by atoms with Gasteiger partial charge in [-0.1, -0.05) is 0 Å². The smallest absolute Gasteiger partial charge is 0.117 e. The Morgan fingerprint density at radius 3 is 2.71 bits per heavy atom. The largest absolute Gasteiger partial charge is 0.508 e. The van der Waals surface area contributed by atoms with Crippen molar-refractivity contribution in [1.82, 2.24) is 0 Å². The van der Waals surface area contributed by atoms with Crippen molar-refractivity contribution in [2.45, 2.75) is 0 Å². The molecule has 0 aromatic heterocycles. The molecule has 0 radical (unpaired) electrons. The number of hydrogen-bond donors (Lipinski definition) is 1. The van der Waals surface area contributed by atoms with Gasteiger partial charge in [-0.05, 0) is 28.1 Å². The van der Waals surface area contributed by atoms with Gasteiger partial charge in [0.15, 0.2) is 0 Å². The van der Waals surface area contributed by atoms with Crippen molar-refractivity contribution >= 4 is 21.6 Å². The van der Waals surface area contributed by atoms with Gasteiger partial charge in [-0.25, -0.2) is 0 Å². The van der Waals surface area contributed by atoms with E-state index in [9.17, 15) is 5.11 Å². The topological polar surface area (TPSA) is 32.7 Å². The van der Waals surface area contributed by atoms with Crippen LogP contribution in [-0.4, -0.2) is 31.4 Å². The molecule has 0 saturated carbocycles. The SMILES string of the molecule is Oc1ccc(Br)c(N2CCOCC2)c1. The van der Waals surface area contributed by atoms with Gasteiger partial charge in [-0.3, -0.25) is 0 Å². The van der Waals surface area contributed by atoms with E-state index in [1.165, 1.54) is 0 Å². The van der Waals surface area contributed by atoms with E-state index in [4.69, 9.17) is 4.74 Å². The Morgan fingerprint density at radius 1 is 1.29 bits per heavy atom. The van der Waals surface area contributed by atoms with E-state index in [-0.39, 0.29) is 0 Å². The van der Waals surface area contributed by atoms with Crippen molar-refractivity contribution in [3.63, 3.8) is 0 Å². The zero-order valence-electron chi connectivity index (χ0n) is 7.74. The average molecular weight is 258 g/mol. The first-order chi connectivity index (χ1) is 6.77. The number of nitrogens with zero attached hydrogens (tertiary/aromatic N) is 1. The lowest BCUT2D eigenvalue weighted by Crippen LogP contribution is -2.36. The van der Waals surface area contributed by atoms with Gasteiger partial charge in [0.25, 0.3) is 0 Å². The molecule has 2 rings (SSSR count). The van der Waals surface area contributed by atoms with Crippen molar-refractivity contribution in [3.8, 4) is 5.75 Å². The maximum atomic E-state index is 9.39. The van der Waals surface area contributed by atoms with Crippen LogP contribution in [0.1, 0.15) is 0 Å². The minimum absolute atomic E-state index is 0.301. The van der Waals surface area contributed by atoms with E-state index in [1.54, 1.807) is 12.1 Å². The molecular formula is C10H12BrNO2. The van der Waals surface area contributed by atoms with Crippen LogP contribution in [0, 0.1) is 0 Å². The molecule has 4 heteroatoms.